The van der Waals surface area contributed by atoms with Crippen LogP contribution >= 0.6 is 0 Å². The summed E-state index contributed by atoms with van der Waals surface area (Å²) in [4.78, 5) is 36.6. The standard InChI is InChI=1S/C25H27F3N2O5/c1-4-14(2)20(21(31)30-24(3,22(32)33)25(26,27)28)29-23(34)35-13-19-17-11-7-5-9-15(17)16-10-6-8-12-18(16)19/h5-12,14,19-20H,4,13H2,1-3H3,(H,29,34)(H,30,31)(H,32,33). The number of carbonyl (C=O) groups excluding carboxylic acids is 2. The number of amides is 2. The van der Waals surface area contributed by atoms with E-state index < -0.39 is 41.6 Å². The molecule has 0 fully saturated rings. The maximum absolute atomic E-state index is 13.4. The van der Waals surface area contributed by atoms with Gasteiger partial charge in [0.1, 0.15) is 12.6 Å². The van der Waals surface area contributed by atoms with Crippen molar-refractivity contribution in [3.63, 3.8) is 0 Å². The smallest absolute Gasteiger partial charge is 0.422 e. The summed E-state index contributed by atoms with van der Waals surface area (Å²) in [7, 11) is 0. The summed E-state index contributed by atoms with van der Waals surface area (Å²) in [6.07, 6.45) is -5.91. The van der Waals surface area contributed by atoms with Crippen molar-refractivity contribution in [1.29, 1.82) is 0 Å². The third kappa shape index (κ3) is 5.11. The summed E-state index contributed by atoms with van der Waals surface area (Å²) in [5, 5.41) is 13.0. The molecule has 188 valence electrons. The second-order valence-electron chi connectivity index (χ2n) is 8.75. The van der Waals surface area contributed by atoms with E-state index in [0.717, 1.165) is 22.3 Å². The first kappa shape index (κ1) is 26.1. The highest BCUT2D eigenvalue weighted by Gasteiger charge is 2.59. The fourth-order valence-electron chi connectivity index (χ4n) is 4.04. The number of hydrogen-bond acceptors (Lipinski definition) is 4. The Morgan fingerprint density at radius 3 is 2.00 bits per heavy atom. The van der Waals surface area contributed by atoms with Gasteiger partial charge in [-0.1, -0.05) is 68.8 Å². The van der Waals surface area contributed by atoms with Crippen molar-refractivity contribution in [2.75, 3.05) is 6.61 Å². The van der Waals surface area contributed by atoms with Gasteiger partial charge in [0.25, 0.3) is 0 Å². The molecule has 10 heteroatoms. The molecule has 1 aliphatic rings. The molecule has 3 rings (SSSR count). The maximum atomic E-state index is 13.4. The summed E-state index contributed by atoms with van der Waals surface area (Å²) in [5.74, 6) is -4.37. The molecule has 7 nitrogen and oxygen atoms in total. The van der Waals surface area contributed by atoms with Crippen LogP contribution in [0.15, 0.2) is 48.5 Å². The summed E-state index contributed by atoms with van der Waals surface area (Å²) in [6.45, 7) is 3.54. The Morgan fingerprint density at radius 2 is 1.54 bits per heavy atom. The molecule has 1 aliphatic carbocycles. The number of ether oxygens (including phenoxy) is 1. The molecule has 0 saturated heterocycles. The number of hydrogen-bond donors (Lipinski definition) is 3. The molecule has 2 aromatic rings. The number of halogens is 3. The highest BCUT2D eigenvalue weighted by Crippen LogP contribution is 2.44. The van der Waals surface area contributed by atoms with E-state index >= 15 is 0 Å². The van der Waals surface area contributed by atoms with E-state index in [-0.39, 0.29) is 12.5 Å². The first-order valence-electron chi connectivity index (χ1n) is 11.1. The van der Waals surface area contributed by atoms with Crippen LogP contribution in [0.5, 0.6) is 0 Å². The SMILES string of the molecule is CCC(C)C(NC(=O)OCC1c2ccccc2-c2ccccc21)C(=O)NC(C)(C(=O)O)C(F)(F)F. The zero-order chi connectivity index (χ0) is 26.0. The Hall–Kier alpha value is -3.56. The lowest BCUT2D eigenvalue weighted by molar-refractivity contribution is -0.207. The van der Waals surface area contributed by atoms with Gasteiger partial charge < -0.3 is 20.5 Å². The minimum Gasteiger partial charge on any atom is -0.479 e. The maximum Gasteiger partial charge on any atom is 0.422 e. The Morgan fingerprint density at radius 1 is 1.03 bits per heavy atom. The fraction of sp³-hybridized carbons (Fsp3) is 0.400. The van der Waals surface area contributed by atoms with E-state index in [1.54, 1.807) is 19.2 Å². The van der Waals surface area contributed by atoms with E-state index in [4.69, 9.17) is 9.84 Å². The molecule has 3 N–H and O–H groups in total. The second-order valence-corrected chi connectivity index (χ2v) is 8.75. The fourth-order valence-corrected chi connectivity index (χ4v) is 4.04. The lowest BCUT2D eigenvalue weighted by atomic mass is 9.95. The van der Waals surface area contributed by atoms with Crippen molar-refractivity contribution in [2.45, 2.75) is 50.9 Å². The average molecular weight is 492 g/mol. The van der Waals surface area contributed by atoms with Gasteiger partial charge >= 0.3 is 18.2 Å². The summed E-state index contributed by atoms with van der Waals surface area (Å²) in [5.41, 5.74) is 0.474. The quantitative estimate of drug-likeness (QED) is 0.505. The van der Waals surface area contributed by atoms with Crippen LogP contribution in [0.25, 0.3) is 11.1 Å². The molecule has 3 atom stereocenters. The number of carboxylic acid groups (broad SMARTS) is 1. The van der Waals surface area contributed by atoms with Crippen LogP contribution in [0.3, 0.4) is 0 Å². The third-order valence-corrected chi connectivity index (χ3v) is 6.48. The van der Waals surface area contributed by atoms with E-state index in [9.17, 15) is 27.6 Å². The zero-order valence-electron chi connectivity index (χ0n) is 19.5. The van der Waals surface area contributed by atoms with Crippen LogP contribution in [0.1, 0.15) is 44.2 Å². The van der Waals surface area contributed by atoms with Crippen molar-refractivity contribution in [1.82, 2.24) is 10.6 Å². The first-order chi connectivity index (χ1) is 16.4. The van der Waals surface area contributed by atoms with E-state index in [0.29, 0.717) is 13.3 Å². The molecule has 0 bridgehead atoms. The largest absolute Gasteiger partial charge is 0.479 e. The van der Waals surface area contributed by atoms with Gasteiger partial charge in [0.2, 0.25) is 11.4 Å². The van der Waals surface area contributed by atoms with Gasteiger partial charge in [-0.15, -0.1) is 0 Å². The van der Waals surface area contributed by atoms with Gasteiger partial charge in [-0.3, -0.25) is 4.79 Å². The van der Waals surface area contributed by atoms with Crippen LogP contribution in [0, 0.1) is 5.92 Å². The normalized spacial score (nSPS) is 16.3. The van der Waals surface area contributed by atoms with Crippen LogP contribution < -0.4 is 10.6 Å². The number of fused-ring (bicyclic) bond motifs is 3. The molecule has 2 amide bonds. The zero-order valence-corrected chi connectivity index (χ0v) is 19.5. The molecule has 35 heavy (non-hydrogen) atoms. The predicted octanol–water partition coefficient (Wildman–Crippen LogP) is 4.46. The number of alkyl halides is 3. The molecule has 0 spiro atoms. The van der Waals surface area contributed by atoms with Gasteiger partial charge in [-0.05, 0) is 35.1 Å². The summed E-state index contributed by atoms with van der Waals surface area (Å²) in [6, 6.07) is 13.9. The number of benzene rings is 2. The summed E-state index contributed by atoms with van der Waals surface area (Å²) < 4.78 is 45.4. The Labute approximate surface area is 200 Å². The topological polar surface area (TPSA) is 105 Å². The van der Waals surface area contributed by atoms with Crippen LogP contribution in [-0.4, -0.2) is 47.4 Å². The first-order valence-corrected chi connectivity index (χ1v) is 11.1. The number of alkyl carbamates (subject to hydrolysis) is 1. The molecule has 2 aromatic carbocycles. The molecule has 0 aliphatic heterocycles. The molecule has 0 heterocycles. The monoisotopic (exact) mass is 492 g/mol. The Balaban J connectivity index is 1.73. The lowest BCUT2D eigenvalue weighted by Crippen LogP contribution is -2.65. The number of carbonyl (C=O) groups is 3. The van der Waals surface area contributed by atoms with Crippen molar-refractivity contribution in [3.05, 3.63) is 59.7 Å². The predicted molar refractivity (Wildman–Crippen MR) is 122 cm³/mol. The van der Waals surface area contributed by atoms with Gasteiger partial charge in [0.05, 0.1) is 0 Å². The molecular weight excluding hydrogens is 465 g/mol. The van der Waals surface area contributed by atoms with E-state index in [1.807, 2.05) is 48.5 Å². The van der Waals surface area contributed by atoms with Crippen molar-refractivity contribution >= 4 is 18.0 Å². The number of nitrogens with one attached hydrogen (secondary N) is 2. The van der Waals surface area contributed by atoms with Gasteiger partial charge in [-0.2, -0.15) is 13.2 Å². The van der Waals surface area contributed by atoms with Crippen LogP contribution in [0.4, 0.5) is 18.0 Å². The second kappa shape index (κ2) is 9.97. The molecular formula is C25H27F3N2O5. The van der Waals surface area contributed by atoms with Crippen molar-refractivity contribution < 1.29 is 37.4 Å². The van der Waals surface area contributed by atoms with Gasteiger partial charge in [-0.25, -0.2) is 9.59 Å². The molecule has 0 saturated carbocycles. The number of carboxylic acids is 1. The highest BCUT2D eigenvalue weighted by atomic mass is 19.4. The number of rotatable bonds is 8. The van der Waals surface area contributed by atoms with Crippen molar-refractivity contribution in [3.8, 4) is 11.1 Å². The third-order valence-electron chi connectivity index (χ3n) is 6.48. The molecule has 3 unspecified atom stereocenters. The van der Waals surface area contributed by atoms with Crippen LogP contribution in [-0.2, 0) is 14.3 Å². The summed E-state index contributed by atoms with van der Waals surface area (Å²) >= 11 is 0. The van der Waals surface area contributed by atoms with Gasteiger partial charge in [0, 0.05) is 5.92 Å². The van der Waals surface area contributed by atoms with Gasteiger partial charge in [0.15, 0.2) is 0 Å². The molecule has 0 radical (unpaired) electrons. The minimum absolute atomic E-state index is 0.0515. The van der Waals surface area contributed by atoms with E-state index in [2.05, 4.69) is 5.32 Å². The van der Waals surface area contributed by atoms with Crippen LogP contribution in [0.2, 0.25) is 0 Å². The highest BCUT2D eigenvalue weighted by molar-refractivity contribution is 5.92. The number of aliphatic carboxylic acids is 1. The minimum atomic E-state index is -5.25. The van der Waals surface area contributed by atoms with Crippen molar-refractivity contribution in [2.24, 2.45) is 5.92 Å². The lowest BCUT2D eigenvalue weighted by Gasteiger charge is -2.32. The Bertz CT molecular complexity index is 1070. The Kier molecular flexibility index (Phi) is 7.42. The average Bonchev–Trinajstić information content (AvgIpc) is 3.13. The van der Waals surface area contributed by atoms with E-state index in [1.165, 1.54) is 0 Å². The molecule has 0 aromatic heterocycles.